The monoisotopic (exact) mass is 542 g/mol. The first-order valence-electron chi connectivity index (χ1n) is 12.5. The highest BCUT2D eigenvalue weighted by Crippen LogP contribution is 2.39. The van der Waals surface area contributed by atoms with E-state index in [4.69, 9.17) is 15.5 Å². The zero-order valence-corrected chi connectivity index (χ0v) is 23.3. The number of nitrogens with two attached hydrogens (primary N) is 1. The third kappa shape index (κ3) is 5.72. The number of nitrogens with zero attached hydrogens (tertiary/aromatic N) is 4. The van der Waals surface area contributed by atoms with Crippen LogP contribution in [-0.2, 0) is 10.0 Å². The number of aromatic nitrogens is 3. The quantitative estimate of drug-likeness (QED) is 0.443. The van der Waals surface area contributed by atoms with Crippen LogP contribution in [0.4, 0.5) is 11.6 Å². The lowest BCUT2D eigenvalue weighted by atomic mass is 9.97. The minimum Gasteiger partial charge on any atom is -0.475 e. The average molecular weight is 543 g/mol. The van der Waals surface area contributed by atoms with Gasteiger partial charge in [0.1, 0.15) is 11.6 Å². The van der Waals surface area contributed by atoms with Crippen LogP contribution in [0.5, 0.6) is 5.88 Å². The Kier molecular flexibility index (Phi) is 7.33. The molecule has 0 aliphatic carbocycles. The van der Waals surface area contributed by atoms with Crippen LogP contribution in [0.15, 0.2) is 47.6 Å². The SMILES string of the molecule is Cc1cc(C(=O)NS(=O)(=O)c2cccc(N)n2)c(N2CC(C)CC2(C)C)nc1-c1ccc(OC(C)C)nc1.[HH].[HH]. The van der Waals surface area contributed by atoms with Crippen molar-refractivity contribution in [3.63, 3.8) is 0 Å². The van der Waals surface area contributed by atoms with Crippen molar-refractivity contribution in [1.29, 1.82) is 0 Å². The van der Waals surface area contributed by atoms with E-state index in [1.54, 1.807) is 18.3 Å². The van der Waals surface area contributed by atoms with Gasteiger partial charge in [0.15, 0.2) is 5.03 Å². The summed E-state index contributed by atoms with van der Waals surface area (Å²) in [7, 11) is -4.26. The van der Waals surface area contributed by atoms with Crippen molar-refractivity contribution in [2.75, 3.05) is 17.2 Å². The van der Waals surface area contributed by atoms with Crippen molar-refractivity contribution < 1.29 is 20.8 Å². The minimum atomic E-state index is -4.26. The lowest BCUT2D eigenvalue weighted by Crippen LogP contribution is -2.41. The first-order chi connectivity index (χ1) is 17.8. The summed E-state index contributed by atoms with van der Waals surface area (Å²) in [6, 6.07) is 9.54. The molecule has 3 aromatic heterocycles. The Balaban J connectivity index is 0.00000280. The highest BCUT2D eigenvalue weighted by atomic mass is 32.2. The molecule has 1 aliphatic heterocycles. The number of carbonyl (C=O) groups excluding carboxylic acids is 1. The molecule has 3 N–H and O–H groups in total. The number of aryl methyl sites for hydroxylation is 1. The number of ether oxygens (including phenoxy) is 1. The second-order valence-corrected chi connectivity index (χ2v) is 12.3. The molecule has 0 spiro atoms. The highest BCUT2D eigenvalue weighted by Gasteiger charge is 2.39. The number of amides is 1. The number of nitrogen functional groups attached to an aromatic ring is 1. The predicted octanol–water partition coefficient (Wildman–Crippen LogP) is 4.45. The number of sulfonamides is 1. The standard InChI is InChI=1S/C27H34N6O4S.2H2/c1-16(2)37-22-11-10-19(14-29-22)24-18(4)12-20(25(31-24)33-15-17(3)13-27(33,5)6)26(34)32-38(35,36)23-9-7-8-21(28)30-23;;/h7-12,14,16-17H,13,15H2,1-6H3,(H2,28,30)(H,32,34);2*1H. The number of rotatable bonds is 7. The number of carbonyl (C=O) groups is 1. The van der Waals surface area contributed by atoms with Crippen molar-refractivity contribution in [2.24, 2.45) is 5.92 Å². The van der Waals surface area contributed by atoms with Crippen molar-refractivity contribution >= 4 is 27.6 Å². The second-order valence-electron chi connectivity index (χ2n) is 10.6. The van der Waals surface area contributed by atoms with Crippen LogP contribution in [0.1, 0.15) is 59.8 Å². The third-order valence-electron chi connectivity index (χ3n) is 6.38. The molecule has 0 aromatic carbocycles. The van der Waals surface area contributed by atoms with E-state index in [-0.39, 0.29) is 30.9 Å². The average Bonchev–Trinajstić information content (AvgIpc) is 3.10. The molecule has 1 fully saturated rings. The van der Waals surface area contributed by atoms with E-state index in [0.29, 0.717) is 35.4 Å². The van der Waals surface area contributed by atoms with Gasteiger partial charge in [0.05, 0.1) is 17.4 Å². The molecule has 38 heavy (non-hydrogen) atoms. The van der Waals surface area contributed by atoms with E-state index < -0.39 is 15.9 Å². The molecule has 1 amide bonds. The Hall–Kier alpha value is -3.73. The van der Waals surface area contributed by atoms with Gasteiger partial charge in [-0.1, -0.05) is 13.0 Å². The van der Waals surface area contributed by atoms with Gasteiger partial charge in [-0.3, -0.25) is 4.79 Å². The zero-order chi connectivity index (χ0) is 27.8. The highest BCUT2D eigenvalue weighted by molar-refractivity contribution is 7.90. The van der Waals surface area contributed by atoms with Crippen LogP contribution in [-0.4, -0.2) is 47.5 Å². The molecule has 0 bridgehead atoms. The molecule has 0 saturated carbocycles. The van der Waals surface area contributed by atoms with Crippen molar-refractivity contribution in [2.45, 2.75) is 64.6 Å². The fraction of sp³-hybridized carbons (Fsp3) is 0.407. The van der Waals surface area contributed by atoms with E-state index in [9.17, 15) is 13.2 Å². The Bertz CT molecular complexity index is 1470. The second kappa shape index (κ2) is 10.2. The molecule has 4 rings (SSSR count). The summed E-state index contributed by atoms with van der Waals surface area (Å²) in [5.41, 5.74) is 7.62. The Morgan fingerprint density at radius 2 is 1.97 bits per heavy atom. The lowest BCUT2D eigenvalue weighted by molar-refractivity contribution is 0.0981. The molecule has 1 aliphatic rings. The summed E-state index contributed by atoms with van der Waals surface area (Å²) >= 11 is 0. The first-order valence-corrected chi connectivity index (χ1v) is 14.0. The maximum absolute atomic E-state index is 13.5. The maximum Gasteiger partial charge on any atom is 0.281 e. The summed E-state index contributed by atoms with van der Waals surface area (Å²) in [5.74, 6) is 0.527. The van der Waals surface area contributed by atoms with E-state index in [1.165, 1.54) is 18.2 Å². The van der Waals surface area contributed by atoms with Crippen LogP contribution in [0.2, 0.25) is 0 Å². The summed E-state index contributed by atoms with van der Waals surface area (Å²) in [5, 5.41) is -0.335. The van der Waals surface area contributed by atoms with Crippen LogP contribution in [0, 0.1) is 12.8 Å². The lowest BCUT2D eigenvalue weighted by Gasteiger charge is -2.34. The molecular formula is C27H38N6O4S. The number of pyridine rings is 3. The largest absolute Gasteiger partial charge is 0.475 e. The molecule has 1 atom stereocenters. The van der Waals surface area contributed by atoms with Crippen LogP contribution >= 0.6 is 0 Å². The van der Waals surface area contributed by atoms with Gasteiger partial charge in [0.25, 0.3) is 15.9 Å². The Morgan fingerprint density at radius 1 is 1.24 bits per heavy atom. The van der Waals surface area contributed by atoms with E-state index >= 15 is 0 Å². The van der Waals surface area contributed by atoms with Gasteiger partial charge in [-0.25, -0.2) is 19.7 Å². The van der Waals surface area contributed by atoms with Gasteiger partial charge in [0, 0.05) is 32.8 Å². The van der Waals surface area contributed by atoms with Crippen molar-refractivity contribution in [3.05, 3.63) is 53.7 Å². The van der Waals surface area contributed by atoms with Crippen LogP contribution < -0.4 is 20.1 Å². The molecular weight excluding hydrogens is 504 g/mol. The summed E-state index contributed by atoms with van der Waals surface area (Å²) in [6.45, 7) is 12.7. The third-order valence-corrected chi connectivity index (χ3v) is 7.61. The number of nitrogens with one attached hydrogen (secondary N) is 1. The van der Waals surface area contributed by atoms with Crippen molar-refractivity contribution in [1.82, 2.24) is 19.7 Å². The molecule has 206 valence electrons. The van der Waals surface area contributed by atoms with Crippen LogP contribution in [0.3, 0.4) is 0 Å². The van der Waals surface area contributed by atoms with E-state index in [2.05, 4.69) is 40.4 Å². The maximum atomic E-state index is 13.5. The van der Waals surface area contributed by atoms with Gasteiger partial charge in [-0.15, -0.1) is 0 Å². The molecule has 1 unspecified atom stereocenters. The summed E-state index contributed by atoms with van der Waals surface area (Å²) in [6.07, 6.45) is 2.58. The normalized spacial score (nSPS) is 17.0. The van der Waals surface area contributed by atoms with Gasteiger partial charge in [-0.2, -0.15) is 8.42 Å². The van der Waals surface area contributed by atoms with Crippen molar-refractivity contribution in [3.8, 4) is 17.1 Å². The predicted molar refractivity (Wildman–Crippen MR) is 151 cm³/mol. The molecule has 0 radical (unpaired) electrons. The topological polar surface area (TPSA) is 140 Å². The van der Waals surface area contributed by atoms with Gasteiger partial charge in [0.2, 0.25) is 5.88 Å². The first kappa shape index (κ1) is 27.3. The zero-order valence-electron chi connectivity index (χ0n) is 22.5. The fourth-order valence-corrected chi connectivity index (χ4v) is 5.81. The molecule has 11 heteroatoms. The van der Waals surface area contributed by atoms with Gasteiger partial charge < -0.3 is 15.4 Å². The smallest absolute Gasteiger partial charge is 0.281 e. The number of hydrogen-bond acceptors (Lipinski definition) is 9. The molecule has 4 heterocycles. The van der Waals surface area contributed by atoms with E-state index in [0.717, 1.165) is 12.0 Å². The number of hydrogen-bond donors (Lipinski definition) is 2. The fourth-order valence-electron chi connectivity index (χ4n) is 4.87. The molecule has 10 nitrogen and oxygen atoms in total. The Morgan fingerprint density at radius 3 is 2.55 bits per heavy atom. The molecule has 3 aromatic rings. The summed E-state index contributed by atoms with van der Waals surface area (Å²) in [4.78, 5) is 28.8. The van der Waals surface area contributed by atoms with Gasteiger partial charge in [-0.05, 0) is 76.8 Å². The number of anilines is 2. The summed E-state index contributed by atoms with van der Waals surface area (Å²) < 4.78 is 33.7. The van der Waals surface area contributed by atoms with E-state index in [1.807, 2.05) is 26.8 Å². The molecule has 1 saturated heterocycles. The minimum absolute atomic E-state index is 0. The Labute approximate surface area is 226 Å². The van der Waals surface area contributed by atoms with Gasteiger partial charge >= 0.3 is 0 Å². The van der Waals surface area contributed by atoms with Crippen LogP contribution in [0.25, 0.3) is 11.3 Å².